The Morgan fingerprint density at radius 3 is 2.29 bits per heavy atom. The molecule has 0 heterocycles. The van der Waals surface area contributed by atoms with Crippen molar-refractivity contribution in [2.45, 2.75) is 20.0 Å². The van der Waals surface area contributed by atoms with Crippen molar-refractivity contribution in [3.8, 4) is 0 Å². The number of benzene rings is 1. The predicted octanol–water partition coefficient (Wildman–Crippen LogP) is 0.464. The van der Waals surface area contributed by atoms with Crippen molar-refractivity contribution in [3.05, 3.63) is 29.8 Å². The lowest BCUT2D eigenvalue weighted by atomic mass is 9.80. The van der Waals surface area contributed by atoms with Gasteiger partial charge < -0.3 is 14.8 Å². The SMILES string of the molecule is CCOC(C)c1ccc(B(O)O)cc1. The maximum absolute atomic E-state index is 8.88. The Balaban J connectivity index is 2.72. The monoisotopic (exact) mass is 194 g/mol. The van der Waals surface area contributed by atoms with Gasteiger partial charge in [0.05, 0.1) is 6.10 Å². The van der Waals surface area contributed by atoms with Crippen LogP contribution in [0.3, 0.4) is 0 Å². The van der Waals surface area contributed by atoms with Gasteiger partial charge in [0.2, 0.25) is 0 Å². The largest absolute Gasteiger partial charge is 0.488 e. The van der Waals surface area contributed by atoms with E-state index in [9.17, 15) is 0 Å². The first-order valence-corrected chi connectivity index (χ1v) is 4.72. The summed E-state index contributed by atoms with van der Waals surface area (Å²) < 4.78 is 5.40. The van der Waals surface area contributed by atoms with E-state index in [4.69, 9.17) is 14.8 Å². The van der Waals surface area contributed by atoms with Gasteiger partial charge >= 0.3 is 7.12 Å². The van der Waals surface area contributed by atoms with Crippen molar-refractivity contribution in [2.75, 3.05) is 6.61 Å². The van der Waals surface area contributed by atoms with E-state index in [1.807, 2.05) is 26.0 Å². The van der Waals surface area contributed by atoms with Crippen molar-refractivity contribution >= 4 is 12.6 Å². The molecule has 0 saturated heterocycles. The molecule has 1 aromatic rings. The molecule has 0 aromatic heterocycles. The Bertz CT molecular complexity index is 271. The highest BCUT2D eigenvalue weighted by Crippen LogP contribution is 2.14. The molecule has 0 aliphatic rings. The summed E-state index contributed by atoms with van der Waals surface area (Å²) >= 11 is 0. The highest BCUT2D eigenvalue weighted by molar-refractivity contribution is 6.58. The van der Waals surface area contributed by atoms with Crippen LogP contribution < -0.4 is 5.46 Å². The molecule has 1 aromatic carbocycles. The normalized spacial score (nSPS) is 12.6. The molecule has 1 atom stereocenters. The Morgan fingerprint density at radius 1 is 1.29 bits per heavy atom. The van der Waals surface area contributed by atoms with E-state index in [1.165, 1.54) is 0 Å². The van der Waals surface area contributed by atoms with E-state index < -0.39 is 7.12 Å². The fraction of sp³-hybridized carbons (Fsp3) is 0.400. The Kier molecular flexibility index (Phi) is 4.13. The molecule has 2 N–H and O–H groups in total. The van der Waals surface area contributed by atoms with Crippen LogP contribution in [0.1, 0.15) is 25.5 Å². The lowest BCUT2D eigenvalue weighted by molar-refractivity contribution is 0.0764. The fourth-order valence-corrected chi connectivity index (χ4v) is 1.29. The summed E-state index contributed by atoms with van der Waals surface area (Å²) in [7, 11) is -1.40. The van der Waals surface area contributed by atoms with Crippen LogP contribution in [0.15, 0.2) is 24.3 Å². The summed E-state index contributed by atoms with van der Waals surface area (Å²) in [6.07, 6.45) is 0.0462. The second kappa shape index (κ2) is 5.15. The average molecular weight is 194 g/mol. The molecule has 1 rings (SSSR count). The van der Waals surface area contributed by atoms with Crippen LogP contribution in [-0.4, -0.2) is 23.8 Å². The lowest BCUT2D eigenvalue weighted by Gasteiger charge is -2.12. The number of hydrogen-bond donors (Lipinski definition) is 2. The van der Waals surface area contributed by atoms with Crippen LogP contribution in [0.25, 0.3) is 0 Å². The molecule has 0 saturated carbocycles. The van der Waals surface area contributed by atoms with Gasteiger partial charge in [0.15, 0.2) is 0 Å². The zero-order valence-corrected chi connectivity index (χ0v) is 8.47. The van der Waals surface area contributed by atoms with Gasteiger partial charge in [-0.25, -0.2) is 0 Å². The molecular formula is C10H15BO3. The minimum absolute atomic E-state index is 0.0462. The third-order valence-corrected chi connectivity index (χ3v) is 2.12. The van der Waals surface area contributed by atoms with Crippen LogP contribution in [0.4, 0.5) is 0 Å². The van der Waals surface area contributed by atoms with Gasteiger partial charge in [0.1, 0.15) is 0 Å². The highest BCUT2D eigenvalue weighted by Gasteiger charge is 2.11. The van der Waals surface area contributed by atoms with Gasteiger partial charge in [-0.05, 0) is 24.9 Å². The summed E-state index contributed by atoms with van der Waals surface area (Å²) in [5, 5.41) is 17.8. The summed E-state index contributed by atoms with van der Waals surface area (Å²) in [5.74, 6) is 0. The van der Waals surface area contributed by atoms with Gasteiger partial charge in [0.25, 0.3) is 0 Å². The van der Waals surface area contributed by atoms with E-state index in [0.29, 0.717) is 12.1 Å². The van der Waals surface area contributed by atoms with Crippen molar-refractivity contribution in [2.24, 2.45) is 0 Å². The Morgan fingerprint density at radius 2 is 1.86 bits per heavy atom. The molecule has 0 fully saturated rings. The van der Waals surface area contributed by atoms with Crippen LogP contribution in [-0.2, 0) is 4.74 Å². The predicted molar refractivity (Wildman–Crippen MR) is 56.3 cm³/mol. The lowest BCUT2D eigenvalue weighted by Crippen LogP contribution is -2.29. The quantitative estimate of drug-likeness (QED) is 0.684. The van der Waals surface area contributed by atoms with E-state index in [-0.39, 0.29) is 6.10 Å². The smallest absolute Gasteiger partial charge is 0.423 e. The molecule has 0 bridgehead atoms. The molecule has 1 unspecified atom stereocenters. The molecule has 0 spiro atoms. The molecule has 0 aliphatic carbocycles. The standard InChI is InChI=1S/C10H15BO3/c1-3-14-8(2)9-4-6-10(7-5-9)11(12)13/h4-8,12-13H,3H2,1-2H3. The van der Waals surface area contributed by atoms with Crippen molar-refractivity contribution in [1.29, 1.82) is 0 Å². The number of rotatable bonds is 4. The van der Waals surface area contributed by atoms with Crippen LogP contribution in [0.2, 0.25) is 0 Å². The zero-order valence-electron chi connectivity index (χ0n) is 8.47. The van der Waals surface area contributed by atoms with Crippen molar-refractivity contribution < 1.29 is 14.8 Å². The first-order chi connectivity index (χ1) is 6.65. The third-order valence-electron chi connectivity index (χ3n) is 2.12. The minimum Gasteiger partial charge on any atom is -0.423 e. The number of hydrogen-bond acceptors (Lipinski definition) is 3. The van der Waals surface area contributed by atoms with Crippen molar-refractivity contribution in [3.63, 3.8) is 0 Å². The summed E-state index contributed by atoms with van der Waals surface area (Å²) in [6, 6.07) is 7.06. The first kappa shape index (κ1) is 11.2. The molecule has 14 heavy (non-hydrogen) atoms. The van der Waals surface area contributed by atoms with Gasteiger partial charge in [-0.15, -0.1) is 0 Å². The van der Waals surface area contributed by atoms with Gasteiger partial charge in [-0.3, -0.25) is 0 Å². The van der Waals surface area contributed by atoms with E-state index >= 15 is 0 Å². The Labute approximate surface area is 84.5 Å². The molecule has 0 amide bonds. The van der Waals surface area contributed by atoms with Crippen LogP contribution in [0.5, 0.6) is 0 Å². The first-order valence-electron chi connectivity index (χ1n) is 4.72. The van der Waals surface area contributed by atoms with Gasteiger partial charge in [-0.1, -0.05) is 24.3 Å². The van der Waals surface area contributed by atoms with E-state index in [1.54, 1.807) is 12.1 Å². The van der Waals surface area contributed by atoms with E-state index in [0.717, 1.165) is 5.56 Å². The third kappa shape index (κ3) is 2.84. The zero-order chi connectivity index (χ0) is 10.6. The van der Waals surface area contributed by atoms with Gasteiger partial charge in [-0.2, -0.15) is 0 Å². The minimum atomic E-state index is -1.40. The maximum Gasteiger partial charge on any atom is 0.488 e. The van der Waals surface area contributed by atoms with Gasteiger partial charge in [0, 0.05) is 6.61 Å². The topological polar surface area (TPSA) is 49.7 Å². The maximum atomic E-state index is 8.88. The van der Waals surface area contributed by atoms with E-state index in [2.05, 4.69) is 0 Å². The summed E-state index contributed by atoms with van der Waals surface area (Å²) in [5.41, 5.74) is 1.54. The highest BCUT2D eigenvalue weighted by atomic mass is 16.5. The molecule has 0 aliphatic heterocycles. The molecule has 4 heteroatoms. The molecule has 0 radical (unpaired) electrons. The second-order valence-electron chi connectivity index (χ2n) is 3.14. The molecule has 3 nitrogen and oxygen atoms in total. The second-order valence-corrected chi connectivity index (χ2v) is 3.14. The summed E-state index contributed by atoms with van der Waals surface area (Å²) in [4.78, 5) is 0. The fourth-order valence-electron chi connectivity index (χ4n) is 1.29. The molecular weight excluding hydrogens is 179 g/mol. The van der Waals surface area contributed by atoms with Crippen LogP contribution in [0, 0.1) is 0 Å². The Hall–Kier alpha value is -0.835. The molecule has 76 valence electrons. The van der Waals surface area contributed by atoms with Crippen molar-refractivity contribution in [1.82, 2.24) is 0 Å². The van der Waals surface area contributed by atoms with Crippen LogP contribution >= 0.6 is 0 Å². The summed E-state index contributed by atoms with van der Waals surface area (Å²) in [6.45, 7) is 4.59. The number of ether oxygens (including phenoxy) is 1. The average Bonchev–Trinajstić information content (AvgIpc) is 2.18.